The summed E-state index contributed by atoms with van der Waals surface area (Å²) in [7, 11) is 0. The third-order valence-corrected chi connectivity index (χ3v) is 12.5. The van der Waals surface area contributed by atoms with E-state index in [4.69, 9.17) is 4.74 Å². The van der Waals surface area contributed by atoms with Gasteiger partial charge < -0.3 is 14.9 Å². The molecule has 0 aromatic heterocycles. The summed E-state index contributed by atoms with van der Waals surface area (Å²) in [6.45, 7) is 19.8. The van der Waals surface area contributed by atoms with Crippen molar-refractivity contribution in [2.75, 3.05) is 0 Å². The van der Waals surface area contributed by atoms with Crippen LogP contribution in [0.2, 0.25) is 0 Å². The van der Waals surface area contributed by atoms with Gasteiger partial charge in [-0.2, -0.15) is 0 Å². The van der Waals surface area contributed by atoms with E-state index in [2.05, 4.69) is 41.5 Å². The number of fused-ring (bicyclic) bond motifs is 4. The maximum atomic E-state index is 11.8. The van der Waals surface area contributed by atoms with Crippen LogP contribution in [0.1, 0.15) is 127 Å². The lowest BCUT2D eigenvalue weighted by Gasteiger charge is -2.62. The van der Waals surface area contributed by atoms with Gasteiger partial charge in [0.15, 0.2) is 0 Å². The second-order valence-electron chi connectivity index (χ2n) is 15.0. The summed E-state index contributed by atoms with van der Waals surface area (Å²) in [6.07, 6.45) is 10.5. The fourth-order valence-corrected chi connectivity index (χ4v) is 10.0. The van der Waals surface area contributed by atoms with Crippen molar-refractivity contribution in [1.29, 1.82) is 0 Å². The highest BCUT2D eigenvalue weighted by Crippen LogP contribution is 2.72. The first-order valence-corrected chi connectivity index (χ1v) is 14.8. The monoisotopic (exact) mass is 502 g/mol. The Morgan fingerprint density at radius 2 is 1.67 bits per heavy atom. The van der Waals surface area contributed by atoms with Crippen molar-refractivity contribution >= 4 is 5.97 Å². The van der Waals surface area contributed by atoms with E-state index in [1.807, 2.05) is 0 Å². The first kappa shape index (κ1) is 28.1. The second-order valence-corrected chi connectivity index (χ2v) is 15.0. The number of carbonyl (C=O) groups is 1. The largest absolute Gasteiger partial charge is 0.462 e. The molecule has 0 aromatic carbocycles. The van der Waals surface area contributed by atoms with Gasteiger partial charge in [0.05, 0.1) is 11.7 Å². The van der Waals surface area contributed by atoms with Crippen molar-refractivity contribution in [2.24, 2.45) is 39.4 Å². The fraction of sp³-hybridized carbons (Fsp3) is 0.906. The highest BCUT2D eigenvalue weighted by molar-refractivity contribution is 5.66. The van der Waals surface area contributed by atoms with E-state index < -0.39 is 11.7 Å². The molecule has 4 heteroatoms. The van der Waals surface area contributed by atoms with Gasteiger partial charge in [-0.3, -0.25) is 4.79 Å². The Balaban J connectivity index is 1.59. The van der Waals surface area contributed by atoms with Crippen LogP contribution in [0.4, 0.5) is 0 Å². The molecule has 0 saturated heterocycles. The van der Waals surface area contributed by atoms with E-state index in [0.717, 1.165) is 19.3 Å². The van der Waals surface area contributed by atoms with Crippen molar-refractivity contribution in [3.8, 4) is 0 Å². The molecule has 0 amide bonds. The number of ether oxygens (including phenoxy) is 1. The first-order chi connectivity index (χ1) is 16.5. The lowest BCUT2D eigenvalue weighted by Crippen LogP contribution is -2.55. The van der Waals surface area contributed by atoms with Gasteiger partial charge in [-0.15, -0.1) is 0 Å². The van der Waals surface area contributed by atoms with E-state index in [9.17, 15) is 15.0 Å². The highest BCUT2D eigenvalue weighted by Gasteiger charge is 2.63. The van der Waals surface area contributed by atoms with Gasteiger partial charge >= 0.3 is 5.97 Å². The molecular formula is C32H54O4. The summed E-state index contributed by atoms with van der Waals surface area (Å²) in [5.74, 6) is 1.61. The molecule has 0 spiro atoms. The van der Waals surface area contributed by atoms with Crippen LogP contribution in [0.25, 0.3) is 0 Å². The van der Waals surface area contributed by atoms with Gasteiger partial charge in [0.25, 0.3) is 0 Å². The van der Waals surface area contributed by atoms with E-state index in [-0.39, 0.29) is 28.3 Å². The zero-order valence-corrected chi connectivity index (χ0v) is 24.7. The Labute approximate surface area is 220 Å². The molecule has 4 aliphatic carbocycles. The predicted molar refractivity (Wildman–Crippen MR) is 145 cm³/mol. The van der Waals surface area contributed by atoms with Crippen molar-refractivity contribution in [3.63, 3.8) is 0 Å². The van der Waals surface area contributed by atoms with Crippen molar-refractivity contribution < 1.29 is 19.7 Å². The van der Waals surface area contributed by atoms with Crippen LogP contribution in [0.15, 0.2) is 11.1 Å². The summed E-state index contributed by atoms with van der Waals surface area (Å²) in [5, 5.41) is 20.6. The number of rotatable bonds is 6. The molecular weight excluding hydrogens is 448 g/mol. The highest BCUT2D eigenvalue weighted by atomic mass is 16.5. The second kappa shape index (κ2) is 9.11. The fourth-order valence-electron chi connectivity index (χ4n) is 10.0. The maximum absolute atomic E-state index is 11.8. The normalized spacial score (nSPS) is 41.7. The molecule has 8 unspecified atom stereocenters. The summed E-state index contributed by atoms with van der Waals surface area (Å²) >= 11 is 0. The number of carbonyl (C=O) groups excluding carboxylic acids is 1. The molecule has 2 fully saturated rings. The number of esters is 1. The molecule has 0 heterocycles. The Morgan fingerprint density at radius 1 is 1.00 bits per heavy atom. The minimum absolute atomic E-state index is 0.00704. The molecule has 4 nitrogen and oxygen atoms in total. The molecule has 0 bridgehead atoms. The quantitative estimate of drug-likeness (QED) is 0.297. The molecule has 36 heavy (non-hydrogen) atoms. The van der Waals surface area contributed by atoms with Crippen LogP contribution >= 0.6 is 0 Å². The molecule has 2 saturated carbocycles. The van der Waals surface area contributed by atoms with E-state index in [0.29, 0.717) is 29.6 Å². The minimum Gasteiger partial charge on any atom is -0.462 e. The third-order valence-electron chi connectivity index (χ3n) is 12.5. The number of hydrogen-bond acceptors (Lipinski definition) is 4. The molecule has 206 valence electrons. The molecule has 0 aromatic rings. The van der Waals surface area contributed by atoms with Crippen molar-refractivity contribution in [3.05, 3.63) is 11.1 Å². The van der Waals surface area contributed by atoms with Crippen LogP contribution in [-0.2, 0) is 9.53 Å². The molecule has 8 atom stereocenters. The molecule has 2 N–H and O–H groups in total. The number of allylic oxidation sites excluding steroid dienone is 2. The zero-order valence-electron chi connectivity index (χ0n) is 24.7. The van der Waals surface area contributed by atoms with Crippen LogP contribution in [0, 0.1) is 39.4 Å². The number of aliphatic hydroxyl groups excluding tert-OH is 1. The molecule has 4 rings (SSSR count). The van der Waals surface area contributed by atoms with Crippen LogP contribution < -0.4 is 0 Å². The average Bonchev–Trinajstić information content (AvgIpc) is 3.04. The SMILES string of the molecule is CC(=O)OC1CCC2(C)C3=C(CCC2C1(C)C)C1(C)CCC(C(C)CCC(O)C(C)(C)O)C1(C)CC3. The Hall–Kier alpha value is -0.870. The zero-order chi connectivity index (χ0) is 26.9. The summed E-state index contributed by atoms with van der Waals surface area (Å²) in [4.78, 5) is 11.8. The van der Waals surface area contributed by atoms with E-state index >= 15 is 0 Å². The van der Waals surface area contributed by atoms with Gasteiger partial charge in [-0.05, 0) is 112 Å². The average molecular weight is 503 g/mol. The Kier molecular flexibility index (Phi) is 7.12. The third kappa shape index (κ3) is 4.21. The van der Waals surface area contributed by atoms with Crippen molar-refractivity contribution in [2.45, 2.75) is 144 Å². The minimum atomic E-state index is -1.03. The van der Waals surface area contributed by atoms with Gasteiger partial charge in [0.1, 0.15) is 6.10 Å². The predicted octanol–water partition coefficient (Wildman–Crippen LogP) is 7.22. The Bertz CT molecular complexity index is 896. The topological polar surface area (TPSA) is 66.8 Å². The summed E-state index contributed by atoms with van der Waals surface area (Å²) in [6, 6.07) is 0. The first-order valence-electron chi connectivity index (χ1n) is 14.8. The molecule has 0 radical (unpaired) electrons. The van der Waals surface area contributed by atoms with Gasteiger partial charge in [-0.1, -0.05) is 52.7 Å². The van der Waals surface area contributed by atoms with Gasteiger partial charge in [-0.25, -0.2) is 0 Å². The van der Waals surface area contributed by atoms with Gasteiger partial charge in [0.2, 0.25) is 0 Å². The number of hydrogen-bond donors (Lipinski definition) is 2. The van der Waals surface area contributed by atoms with Crippen molar-refractivity contribution in [1.82, 2.24) is 0 Å². The van der Waals surface area contributed by atoms with E-state index in [1.54, 1.807) is 31.9 Å². The Morgan fingerprint density at radius 3 is 2.28 bits per heavy atom. The van der Waals surface area contributed by atoms with E-state index in [1.165, 1.54) is 38.5 Å². The molecule has 4 aliphatic rings. The number of aliphatic hydroxyl groups is 2. The maximum Gasteiger partial charge on any atom is 0.302 e. The lowest BCUT2D eigenvalue weighted by atomic mass is 9.43. The smallest absolute Gasteiger partial charge is 0.302 e. The van der Waals surface area contributed by atoms with Gasteiger partial charge in [0, 0.05) is 12.3 Å². The van der Waals surface area contributed by atoms with Crippen LogP contribution in [-0.4, -0.2) is 34.0 Å². The van der Waals surface area contributed by atoms with Crippen LogP contribution in [0.5, 0.6) is 0 Å². The summed E-state index contributed by atoms with van der Waals surface area (Å²) < 4.78 is 5.85. The summed E-state index contributed by atoms with van der Waals surface area (Å²) in [5.41, 5.74) is 3.25. The van der Waals surface area contributed by atoms with Crippen LogP contribution in [0.3, 0.4) is 0 Å². The molecule has 0 aliphatic heterocycles. The lowest BCUT2D eigenvalue weighted by molar-refractivity contribution is -0.167. The standard InChI is InChI=1S/C32H54O4/c1-20(10-13-26(34)29(5,6)35)22-14-18-32(9)24-11-12-25-28(3,4)27(36-21(2)33)16-17-30(25,7)23(24)15-19-31(22,32)8/h20,22,25-27,34-35H,10-19H2,1-9H3.